The summed E-state index contributed by atoms with van der Waals surface area (Å²) in [5.74, 6) is -0.679. The Labute approximate surface area is 295 Å². The van der Waals surface area contributed by atoms with Gasteiger partial charge in [-0.2, -0.15) is 20.4 Å². The Bertz CT molecular complexity index is 2370. The molecule has 12 nitrogen and oxygen atoms in total. The largest absolute Gasteiger partial charge is 0.240 e. The van der Waals surface area contributed by atoms with Crippen LogP contribution in [-0.2, 0) is 0 Å². The summed E-state index contributed by atoms with van der Waals surface area (Å²) in [5, 5.41) is 36.1. The molecule has 0 unspecified atom stereocenters. The quantitative estimate of drug-likeness (QED) is 0.120. The third-order valence-corrected chi connectivity index (χ3v) is 8.37. The Morgan fingerprint density at radius 3 is 1.25 bits per heavy atom. The van der Waals surface area contributed by atoms with Crippen molar-refractivity contribution in [2.75, 3.05) is 0 Å². The number of benzene rings is 4. The van der Waals surface area contributed by atoms with Crippen LogP contribution in [-0.4, -0.2) is 62.0 Å². The summed E-state index contributed by atoms with van der Waals surface area (Å²) in [4.78, 5) is 0. The maximum absolute atomic E-state index is 13.6. The highest BCUT2D eigenvalue weighted by atomic mass is 19.1. The van der Waals surface area contributed by atoms with E-state index in [1.807, 2.05) is 86.9 Å². The lowest BCUT2D eigenvalue weighted by Crippen LogP contribution is -1.99. The zero-order valence-corrected chi connectivity index (χ0v) is 27.8. The van der Waals surface area contributed by atoms with Crippen LogP contribution in [0.5, 0.6) is 0 Å². The smallest absolute Gasteiger partial charge is 0.137 e. The van der Waals surface area contributed by atoms with Gasteiger partial charge in [-0.05, 0) is 86.6 Å². The number of halogens is 2. The zero-order chi connectivity index (χ0) is 35.6. The first-order valence-corrected chi connectivity index (χ1v) is 16.2. The molecule has 0 bridgehead atoms. The molecule has 0 amide bonds. The Kier molecular flexibility index (Phi) is 8.37. The van der Waals surface area contributed by atoms with Crippen molar-refractivity contribution in [3.8, 4) is 45.5 Å². The van der Waals surface area contributed by atoms with Crippen LogP contribution in [0.25, 0.3) is 45.5 Å². The van der Waals surface area contributed by atoms with Crippen molar-refractivity contribution >= 4 is 12.4 Å². The number of para-hydroxylation sites is 2. The van der Waals surface area contributed by atoms with Crippen molar-refractivity contribution in [1.29, 1.82) is 0 Å². The zero-order valence-electron chi connectivity index (χ0n) is 27.8. The molecular weight excluding hydrogens is 662 g/mol. The van der Waals surface area contributed by atoms with E-state index in [4.69, 9.17) is 10.2 Å². The third-order valence-electron chi connectivity index (χ3n) is 8.37. The average molecular weight is 691 g/mol. The van der Waals surface area contributed by atoms with E-state index < -0.39 is 0 Å². The molecule has 8 aromatic rings. The summed E-state index contributed by atoms with van der Waals surface area (Å²) in [6.07, 6.45) is 6.89. The van der Waals surface area contributed by atoms with Gasteiger partial charge in [-0.1, -0.05) is 46.8 Å². The van der Waals surface area contributed by atoms with Crippen molar-refractivity contribution in [2.24, 2.45) is 10.2 Å². The lowest BCUT2D eigenvalue weighted by Gasteiger charge is -2.03. The molecule has 14 heteroatoms. The van der Waals surface area contributed by atoms with Crippen molar-refractivity contribution < 1.29 is 8.78 Å². The van der Waals surface area contributed by atoms with E-state index in [-0.39, 0.29) is 11.6 Å². The van der Waals surface area contributed by atoms with Crippen LogP contribution in [0, 0.1) is 25.5 Å². The molecule has 0 saturated carbocycles. The predicted octanol–water partition coefficient (Wildman–Crippen LogP) is 6.90. The fourth-order valence-electron chi connectivity index (χ4n) is 5.70. The minimum Gasteiger partial charge on any atom is -0.240 e. The lowest BCUT2D eigenvalue weighted by atomic mass is 10.2. The monoisotopic (exact) mass is 690 g/mol. The van der Waals surface area contributed by atoms with Gasteiger partial charge < -0.3 is 0 Å². The lowest BCUT2D eigenvalue weighted by molar-refractivity contribution is 0.626. The average Bonchev–Trinajstić information content (AvgIpc) is 3.97. The van der Waals surface area contributed by atoms with Gasteiger partial charge in [0.2, 0.25) is 0 Å². The van der Waals surface area contributed by atoms with E-state index in [1.54, 1.807) is 55.4 Å². The molecule has 52 heavy (non-hydrogen) atoms. The summed E-state index contributed by atoms with van der Waals surface area (Å²) >= 11 is 0. The van der Waals surface area contributed by atoms with Gasteiger partial charge in [0, 0.05) is 23.5 Å². The van der Waals surface area contributed by atoms with Gasteiger partial charge in [0.05, 0.1) is 46.6 Å². The molecule has 4 aromatic carbocycles. The molecule has 0 aliphatic carbocycles. The Hall–Kier alpha value is -7.22. The highest BCUT2D eigenvalue weighted by Crippen LogP contribution is 2.27. The normalized spacial score (nSPS) is 11.7. The Morgan fingerprint density at radius 1 is 0.481 bits per heavy atom. The van der Waals surface area contributed by atoms with Crippen LogP contribution in [0.1, 0.15) is 22.5 Å². The topological polar surface area (TPSA) is 122 Å². The van der Waals surface area contributed by atoms with Gasteiger partial charge in [0.25, 0.3) is 0 Å². The molecule has 254 valence electrons. The fourth-order valence-corrected chi connectivity index (χ4v) is 5.70. The van der Waals surface area contributed by atoms with Gasteiger partial charge >= 0.3 is 0 Å². The first kappa shape index (κ1) is 32.0. The van der Waals surface area contributed by atoms with Crippen molar-refractivity contribution in [3.63, 3.8) is 0 Å². The minimum absolute atomic E-state index is 0.339. The van der Waals surface area contributed by atoms with Crippen LogP contribution in [0.4, 0.5) is 8.78 Å². The minimum atomic E-state index is -0.339. The summed E-state index contributed by atoms with van der Waals surface area (Å²) < 4.78 is 34.0. The van der Waals surface area contributed by atoms with Gasteiger partial charge in [0.1, 0.15) is 34.4 Å². The molecule has 4 heterocycles. The second-order valence-electron chi connectivity index (χ2n) is 11.7. The molecule has 0 radical (unpaired) electrons. The van der Waals surface area contributed by atoms with Crippen LogP contribution in [0.15, 0.2) is 132 Å². The van der Waals surface area contributed by atoms with E-state index in [0.29, 0.717) is 56.7 Å². The molecule has 0 aliphatic rings. The van der Waals surface area contributed by atoms with Crippen LogP contribution in [0.3, 0.4) is 0 Å². The van der Waals surface area contributed by atoms with Crippen molar-refractivity contribution in [2.45, 2.75) is 13.8 Å². The van der Waals surface area contributed by atoms with Gasteiger partial charge in [-0.15, -0.1) is 10.2 Å². The summed E-state index contributed by atoms with van der Waals surface area (Å²) in [6.45, 7) is 3.75. The molecule has 0 aliphatic heterocycles. The van der Waals surface area contributed by atoms with Crippen LogP contribution >= 0.6 is 0 Å². The standard InChI is InChI=1S/C38H28F2N12/c1-25-35(43-47-51(25)33-17-13-29(39)14-18-33)37-27(23-49(45-37)31-9-5-3-6-10-31)21-41-42-22-28-24-50(32-11-7-4-8-12-32)46-38(28)36-26(2)52(48-44-36)34-19-15-30(40)16-20-34/h3-24H,1-2H3. The molecule has 4 aromatic heterocycles. The van der Waals surface area contributed by atoms with Crippen LogP contribution in [0.2, 0.25) is 0 Å². The third kappa shape index (κ3) is 6.20. The molecule has 0 spiro atoms. The maximum Gasteiger partial charge on any atom is 0.137 e. The molecule has 0 fully saturated rings. The van der Waals surface area contributed by atoms with Gasteiger partial charge in [-0.3, -0.25) is 0 Å². The highest BCUT2D eigenvalue weighted by molar-refractivity contribution is 5.91. The summed E-state index contributed by atoms with van der Waals surface area (Å²) in [5.41, 5.74) is 7.90. The molecule has 8 rings (SSSR count). The Balaban J connectivity index is 1.16. The number of hydrogen-bond acceptors (Lipinski definition) is 8. The molecule has 0 atom stereocenters. The first-order valence-electron chi connectivity index (χ1n) is 16.2. The predicted molar refractivity (Wildman–Crippen MR) is 192 cm³/mol. The maximum atomic E-state index is 13.6. The SMILES string of the molecule is Cc1c(-c2nn(-c3ccccc3)cc2C=NN=Cc2cn(-c3ccccc3)nc2-c2nnn(-c3ccc(F)cc3)c2C)nnn1-c1ccc(F)cc1. The molecular formula is C38H28F2N12. The second-order valence-corrected chi connectivity index (χ2v) is 11.7. The van der Waals surface area contributed by atoms with Gasteiger partial charge in [-0.25, -0.2) is 27.5 Å². The summed E-state index contributed by atoms with van der Waals surface area (Å²) in [7, 11) is 0. The first-order chi connectivity index (χ1) is 25.4. The molecule has 0 N–H and O–H groups in total. The van der Waals surface area contributed by atoms with Crippen molar-refractivity contribution in [3.05, 3.63) is 156 Å². The van der Waals surface area contributed by atoms with Gasteiger partial charge in [0.15, 0.2) is 0 Å². The van der Waals surface area contributed by atoms with E-state index in [1.165, 1.54) is 24.3 Å². The van der Waals surface area contributed by atoms with E-state index in [2.05, 4.69) is 30.8 Å². The number of hydrogen-bond donors (Lipinski definition) is 0. The highest BCUT2D eigenvalue weighted by Gasteiger charge is 2.21. The number of nitrogens with zero attached hydrogens (tertiary/aromatic N) is 12. The van der Waals surface area contributed by atoms with Crippen LogP contribution < -0.4 is 0 Å². The van der Waals surface area contributed by atoms with E-state index >= 15 is 0 Å². The number of aromatic nitrogens is 10. The molecule has 0 saturated heterocycles. The Morgan fingerprint density at radius 2 is 0.865 bits per heavy atom. The van der Waals surface area contributed by atoms with E-state index in [9.17, 15) is 8.78 Å². The number of rotatable bonds is 9. The fraction of sp³-hybridized carbons (Fsp3) is 0.0526. The summed E-state index contributed by atoms with van der Waals surface area (Å²) in [6, 6.07) is 31.4. The van der Waals surface area contributed by atoms with E-state index in [0.717, 1.165) is 11.4 Å². The van der Waals surface area contributed by atoms with Crippen molar-refractivity contribution in [1.82, 2.24) is 49.5 Å². The second kappa shape index (κ2) is 13.6.